The maximum absolute atomic E-state index is 12.5. The predicted molar refractivity (Wildman–Crippen MR) is 76.5 cm³/mol. The Labute approximate surface area is 123 Å². The van der Waals surface area contributed by atoms with Crippen LogP contribution in [0.2, 0.25) is 0 Å². The molecule has 21 heavy (non-hydrogen) atoms. The van der Waals surface area contributed by atoms with Gasteiger partial charge in [-0.2, -0.15) is 0 Å². The molecule has 2 aliphatic rings. The molecule has 1 unspecified atom stereocenters. The van der Waals surface area contributed by atoms with Crippen LogP contribution in [0.25, 0.3) is 0 Å². The quantitative estimate of drug-likeness (QED) is 0.860. The molecule has 1 aromatic rings. The topological polar surface area (TPSA) is 66.5 Å². The number of carbonyl (C=O) groups is 3. The molecule has 3 rings (SSSR count). The van der Waals surface area contributed by atoms with Crippen LogP contribution in [0, 0.1) is 12.8 Å². The van der Waals surface area contributed by atoms with Gasteiger partial charge in [0.2, 0.25) is 11.8 Å². The van der Waals surface area contributed by atoms with Crippen LogP contribution in [-0.4, -0.2) is 29.3 Å². The smallest absolute Gasteiger partial charge is 0.277 e. The van der Waals surface area contributed by atoms with Gasteiger partial charge in [-0.05, 0) is 24.8 Å². The van der Waals surface area contributed by atoms with Crippen LogP contribution < -0.4 is 5.32 Å². The van der Waals surface area contributed by atoms with Crippen molar-refractivity contribution in [1.82, 2.24) is 10.2 Å². The number of nitrogens with zero attached hydrogens (tertiary/aromatic N) is 1. The fourth-order valence-electron chi connectivity index (χ4n) is 2.60. The van der Waals surface area contributed by atoms with E-state index in [-0.39, 0.29) is 0 Å². The Morgan fingerprint density at radius 1 is 1.14 bits per heavy atom. The van der Waals surface area contributed by atoms with Gasteiger partial charge in [0.1, 0.15) is 5.92 Å². The van der Waals surface area contributed by atoms with E-state index in [1.165, 1.54) is 17.7 Å². The zero-order valence-corrected chi connectivity index (χ0v) is 12.0. The number of rotatable bonds is 4. The molecule has 0 spiro atoms. The number of nitrogens with one attached hydrogen (secondary N) is 1. The molecule has 5 heteroatoms. The van der Waals surface area contributed by atoms with Crippen LogP contribution >= 0.6 is 0 Å². The molecule has 1 saturated heterocycles. The molecule has 1 N–H and O–H groups in total. The van der Waals surface area contributed by atoms with Crippen LogP contribution in [0.1, 0.15) is 36.3 Å². The minimum Gasteiger partial charge on any atom is -0.277 e. The van der Waals surface area contributed by atoms with E-state index < -0.39 is 23.8 Å². The Bertz CT molecular complexity index is 590. The average Bonchev–Trinajstić information content (AvgIpc) is 3.24. The molecule has 1 aromatic carbocycles. The van der Waals surface area contributed by atoms with E-state index in [2.05, 4.69) is 5.32 Å². The van der Waals surface area contributed by atoms with E-state index in [1.54, 1.807) is 12.1 Å². The summed E-state index contributed by atoms with van der Waals surface area (Å²) >= 11 is 0. The Morgan fingerprint density at radius 2 is 1.81 bits per heavy atom. The molecular weight excluding hydrogens is 268 g/mol. The van der Waals surface area contributed by atoms with Gasteiger partial charge in [-0.15, -0.1) is 0 Å². The summed E-state index contributed by atoms with van der Waals surface area (Å²) in [5, 5.41) is 2.29. The van der Waals surface area contributed by atoms with Gasteiger partial charge in [0.05, 0.1) is 0 Å². The Morgan fingerprint density at radius 3 is 2.43 bits per heavy atom. The Balaban J connectivity index is 1.81. The highest BCUT2D eigenvalue weighted by Crippen LogP contribution is 2.33. The SMILES string of the molecule is Cc1ccc(C2C(=O)NC(=O)N(CCC3CC3)C2=O)cc1. The van der Waals surface area contributed by atoms with Crippen molar-refractivity contribution >= 4 is 17.8 Å². The van der Waals surface area contributed by atoms with Gasteiger partial charge in [0.25, 0.3) is 0 Å². The van der Waals surface area contributed by atoms with Gasteiger partial charge < -0.3 is 0 Å². The van der Waals surface area contributed by atoms with Crippen LogP contribution in [0.3, 0.4) is 0 Å². The molecule has 0 aromatic heterocycles. The van der Waals surface area contributed by atoms with E-state index in [9.17, 15) is 14.4 Å². The zero-order chi connectivity index (χ0) is 15.0. The largest absolute Gasteiger partial charge is 0.330 e. The molecular formula is C16H18N2O3. The summed E-state index contributed by atoms with van der Waals surface area (Å²) in [5.41, 5.74) is 1.69. The second kappa shape index (κ2) is 5.31. The van der Waals surface area contributed by atoms with E-state index in [1.807, 2.05) is 19.1 Å². The minimum absolute atomic E-state index is 0.394. The Hall–Kier alpha value is -2.17. The first-order valence-electron chi connectivity index (χ1n) is 7.29. The molecule has 110 valence electrons. The first-order chi connectivity index (χ1) is 10.1. The van der Waals surface area contributed by atoms with Gasteiger partial charge in [-0.1, -0.05) is 42.7 Å². The van der Waals surface area contributed by atoms with Gasteiger partial charge in [-0.3, -0.25) is 19.8 Å². The first kappa shape index (κ1) is 13.8. The molecule has 1 aliphatic heterocycles. The maximum atomic E-state index is 12.5. The molecule has 1 saturated carbocycles. The fourth-order valence-corrected chi connectivity index (χ4v) is 2.60. The van der Waals surface area contributed by atoms with Crippen LogP contribution in [0.5, 0.6) is 0 Å². The molecule has 0 bridgehead atoms. The molecule has 0 radical (unpaired) electrons. The third-order valence-corrected chi connectivity index (χ3v) is 4.12. The maximum Gasteiger partial charge on any atom is 0.330 e. The lowest BCUT2D eigenvalue weighted by Gasteiger charge is -2.30. The van der Waals surface area contributed by atoms with Crippen LogP contribution in [-0.2, 0) is 9.59 Å². The fraction of sp³-hybridized carbons (Fsp3) is 0.438. The molecule has 4 amide bonds. The van der Waals surface area contributed by atoms with Crippen molar-refractivity contribution < 1.29 is 14.4 Å². The number of hydrogen-bond donors (Lipinski definition) is 1. The monoisotopic (exact) mass is 286 g/mol. The second-order valence-electron chi connectivity index (χ2n) is 5.86. The lowest BCUT2D eigenvalue weighted by molar-refractivity contribution is -0.138. The molecule has 1 aliphatic carbocycles. The summed E-state index contributed by atoms with van der Waals surface area (Å²) in [7, 11) is 0. The van der Waals surface area contributed by atoms with Gasteiger partial charge in [0, 0.05) is 6.54 Å². The lowest BCUT2D eigenvalue weighted by Crippen LogP contribution is -2.57. The van der Waals surface area contributed by atoms with Gasteiger partial charge >= 0.3 is 6.03 Å². The van der Waals surface area contributed by atoms with E-state index in [4.69, 9.17) is 0 Å². The van der Waals surface area contributed by atoms with Crippen LogP contribution in [0.15, 0.2) is 24.3 Å². The summed E-state index contributed by atoms with van der Waals surface area (Å²) in [6.07, 6.45) is 3.17. The van der Waals surface area contributed by atoms with Crippen molar-refractivity contribution in [2.75, 3.05) is 6.54 Å². The van der Waals surface area contributed by atoms with E-state index >= 15 is 0 Å². The molecule has 1 atom stereocenters. The normalized spacial score (nSPS) is 22.4. The highest BCUT2D eigenvalue weighted by molar-refractivity contribution is 6.19. The summed E-state index contributed by atoms with van der Waals surface area (Å²) in [6, 6.07) is 6.68. The van der Waals surface area contributed by atoms with Gasteiger partial charge in [-0.25, -0.2) is 4.79 Å². The van der Waals surface area contributed by atoms with Crippen molar-refractivity contribution in [1.29, 1.82) is 0 Å². The number of imide groups is 2. The third-order valence-electron chi connectivity index (χ3n) is 4.12. The summed E-state index contributed by atoms with van der Waals surface area (Å²) in [4.78, 5) is 37.6. The van der Waals surface area contributed by atoms with Crippen molar-refractivity contribution in [3.63, 3.8) is 0 Å². The van der Waals surface area contributed by atoms with Gasteiger partial charge in [0.15, 0.2) is 0 Å². The van der Waals surface area contributed by atoms with E-state index in [0.717, 1.165) is 12.0 Å². The van der Waals surface area contributed by atoms with Crippen LogP contribution in [0.4, 0.5) is 4.79 Å². The minimum atomic E-state index is -0.914. The number of aryl methyl sites for hydroxylation is 1. The van der Waals surface area contributed by atoms with Crippen molar-refractivity contribution in [3.05, 3.63) is 35.4 Å². The zero-order valence-electron chi connectivity index (χ0n) is 12.0. The number of benzene rings is 1. The predicted octanol–water partition coefficient (Wildman–Crippen LogP) is 1.96. The number of carbonyl (C=O) groups excluding carboxylic acids is 3. The van der Waals surface area contributed by atoms with E-state index in [0.29, 0.717) is 18.0 Å². The number of urea groups is 1. The summed E-state index contributed by atoms with van der Waals surface area (Å²) < 4.78 is 0. The number of barbiturate groups is 1. The Kier molecular flexibility index (Phi) is 3.49. The molecule has 2 fully saturated rings. The summed E-state index contributed by atoms with van der Waals surface area (Å²) in [6.45, 7) is 2.34. The number of hydrogen-bond acceptors (Lipinski definition) is 3. The van der Waals surface area contributed by atoms with Crippen molar-refractivity contribution in [3.8, 4) is 0 Å². The van der Waals surface area contributed by atoms with Crippen molar-refractivity contribution in [2.45, 2.75) is 32.1 Å². The molecule has 5 nitrogen and oxygen atoms in total. The standard InChI is InChI=1S/C16H18N2O3/c1-10-2-6-12(7-3-10)13-14(19)17-16(21)18(15(13)20)9-8-11-4-5-11/h2-3,6-7,11,13H,4-5,8-9H2,1H3,(H,17,19,21). The first-order valence-corrected chi connectivity index (χ1v) is 7.29. The highest BCUT2D eigenvalue weighted by atomic mass is 16.2. The third kappa shape index (κ3) is 2.82. The van der Waals surface area contributed by atoms with Crippen molar-refractivity contribution in [2.24, 2.45) is 5.92 Å². The second-order valence-corrected chi connectivity index (χ2v) is 5.86. The summed E-state index contributed by atoms with van der Waals surface area (Å²) in [5.74, 6) is -1.23. The average molecular weight is 286 g/mol. The highest BCUT2D eigenvalue weighted by Gasteiger charge is 2.41. The lowest BCUT2D eigenvalue weighted by atomic mass is 9.94. The molecule has 1 heterocycles. The number of amides is 4.